The topological polar surface area (TPSA) is 46.3 Å². The number of carbonyl (C=O) groups excluding carboxylic acids is 1. The van der Waals surface area contributed by atoms with Crippen LogP contribution >= 0.6 is 0 Å². The normalized spacial score (nSPS) is 23.1. The van der Waals surface area contributed by atoms with Crippen LogP contribution < -0.4 is 5.73 Å². The Morgan fingerprint density at radius 2 is 2.00 bits per heavy atom. The molecule has 0 heterocycles. The van der Waals surface area contributed by atoms with Crippen LogP contribution in [0.2, 0.25) is 0 Å². The number of hydrogen-bond acceptors (Lipinski definition) is 2. The van der Waals surface area contributed by atoms with Crippen LogP contribution in [0.1, 0.15) is 50.6 Å². The molecule has 1 fully saturated rings. The fourth-order valence-corrected chi connectivity index (χ4v) is 3.07. The fraction of sp³-hybridized carbons (Fsp3) is 0.588. The summed E-state index contributed by atoms with van der Waals surface area (Å²) < 4.78 is 26.3. The smallest absolute Gasteiger partial charge is 0.223 e. The van der Waals surface area contributed by atoms with Crippen molar-refractivity contribution < 1.29 is 13.6 Å². The summed E-state index contributed by atoms with van der Waals surface area (Å²) in [7, 11) is 1.70. The molecule has 1 aromatic rings. The Morgan fingerprint density at radius 3 is 2.64 bits per heavy atom. The molecule has 5 heteroatoms. The van der Waals surface area contributed by atoms with E-state index >= 15 is 0 Å². The standard InChI is InChI=1S/C17H24F2N2O/c1-11(12-7-8-14(18)15(19)9-12)21(2)17(22)10-13-5-3-4-6-16(13)20/h7-9,11,13,16H,3-6,10,20H2,1-2H3. The van der Waals surface area contributed by atoms with Gasteiger partial charge in [-0.25, -0.2) is 8.78 Å². The van der Waals surface area contributed by atoms with Gasteiger partial charge in [-0.1, -0.05) is 18.9 Å². The van der Waals surface area contributed by atoms with Gasteiger partial charge in [-0.2, -0.15) is 0 Å². The highest BCUT2D eigenvalue weighted by molar-refractivity contribution is 5.76. The third-order valence-corrected chi connectivity index (χ3v) is 4.81. The predicted octanol–water partition coefficient (Wildman–Crippen LogP) is 3.39. The molecule has 3 atom stereocenters. The van der Waals surface area contributed by atoms with Gasteiger partial charge in [0.2, 0.25) is 5.91 Å². The average molecular weight is 310 g/mol. The zero-order valence-electron chi connectivity index (χ0n) is 13.2. The number of halogens is 2. The lowest BCUT2D eigenvalue weighted by Gasteiger charge is -2.31. The second kappa shape index (κ2) is 7.18. The molecule has 1 aliphatic carbocycles. The van der Waals surface area contributed by atoms with Gasteiger partial charge in [-0.15, -0.1) is 0 Å². The second-order valence-corrected chi connectivity index (χ2v) is 6.27. The largest absolute Gasteiger partial charge is 0.339 e. The molecule has 1 aromatic carbocycles. The Kier molecular flexibility index (Phi) is 5.51. The average Bonchev–Trinajstić information content (AvgIpc) is 2.50. The van der Waals surface area contributed by atoms with Crippen molar-refractivity contribution in [3.63, 3.8) is 0 Å². The van der Waals surface area contributed by atoms with Crippen molar-refractivity contribution in [2.24, 2.45) is 11.7 Å². The maximum absolute atomic E-state index is 13.3. The Morgan fingerprint density at radius 1 is 1.32 bits per heavy atom. The molecular formula is C17H24F2N2O. The minimum atomic E-state index is -0.889. The molecule has 122 valence electrons. The molecule has 0 bridgehead atoms. The zero-order chi connectivity index (χ0) is 16.3. The monoisotopic (exact) mass is 310 g/mol. The summed E-state index contributed by atoms with van der Waals surface area (Å²) in [5.41, 5.74) is 6.67. The van der Waals surface area contributed by atoms with E-state index in [1.807, 2.05) is 6.92 Å². The minimum Gasteiger partial charge on any atom is -0.339 e. The fourth-order valence-electron chi connectivity index (χ4n) is 3.07. The minimum absolute atomic E-state index is 0.000386. The number of carbonyl (C=O) groups is 1. The third-order valence-electron chi connectivity index (χ3n) is 4.81. The number of amides is 1. The van der Waals surface area contributed by atoms with Crippen LogP contribution in [0.4, 0.5) is 8.78 Å². The lowest BCUT2D eigenvalue weighted by atomic mass is 9.82. The molecule has 22 heavy (non-hydrogen) atoms. The summed E-state index contributed by atoms with van der Waals surface area (Å²) in [6.07, 6.45) is 4.63. The van der Waals surface area contributed by atoms with Crippen LogP contribution in [-0.2, 0) is 4.79 Å². The molecule has 3 nitrogen and oxygen atoms in total. The molecule has 1 amide bonds. The van der Waals surface area contributed by atoms with E-state index in [-0.39, 0.29) is 23.9 Å². The van der Waals surface area contributed by atoms with Crippen LogP contribution in [0.3, 0.4) is 0 Å². The quantitative estimate of drug-likeness (QED) is 0.926. The summed E-state index contributed by atoms with van der Waals surface area (Å²) in [5.74, 6) is -1.54. The highest BCUT2D eigenvalue weighted by Crippen LogP contribution is 2.28. The van der Waals surface area contributed by atoms with Crippen LogP contribution in [0.25, 0.3) is 0 Å². The number of nitrogens with zero attached hydrogens (tertiary/aromatic N) is 1. The molecule has 2 N–H and O–H groups in total. The SMILES string of the molecule is CC(c1ccc(F)c(F)c1)N(C)C(=O)CC1CCCCC1N. The Hall–Kier alpha value is -1.49. The van der Waals surface area contributed by atoms with Gasteiger partial charge in [0.1, 0.15) is 0 Å². The molecular weight excluding hydrogens is 286 g/mol. The summed E-state index contributed by atoms with van der Waals surface area (Å²) >= 11 is 0. The molecule has 0 spiro atoms. The molecule has 0 radical (unpaired) electrons. The van der Waals surface area contributed by atoms with Gasteiger partial charge in [0, 0.05) is 19.5 Å². The van der Waals surface area contributed by atoms with E-state index in [2.05, 4.69) is 0 Å². The van der Waals surface area contributed by atoms with E-state index in [1.54, 1.807) is 11.9 Å². The predicted molar refractivity (Wildman–Crippen MR) is 82.1 cm³/mol. The molecule has 0 aliphatic heterocycles. The van der Waals surface area contributed by atoms with Crippen molar-refractivity contribution in [1.29, 1.82) is 0 Å². The van der Waals surface area contributed by atoms with E-state index < -0.39 is 11.6 Å². The number of hydrogen-bond donors (Lipinski definition) is 1. The Balaban J connectivity index is 2.01. The zero-order valence-corrected chi connectivity index (χ0v) is 13.2. The van der Waals surface area contributed by atoms with Gasteiger partial charge in [0.25, 0.3) is 0 Å². The number of rotatable bonds is 4. The summed E-state index contributed by atoms with van der Waals surface area (Å²) in [6, 6.07) is 3.54. The molecule has 0 saturated heterocycles. The molecule has 0 aromatic heterocycles. The summed E-state index contributed by atoms with van der Waals surface area (Å²) in [5, 5.41) is 0. The highest BCUT2D eigenvalue weighted by Gasteiger charge is 2.27. The van der Waals surface area contributed by atoms with Crippen LogP contribution in [0.15, 0.2) is 18.2 Å². The molecule has 1 saturated carbocycles. The lowest BCUT2D eigenvalue weighted by Crippen LogP contribution is -2.38. The van der Waals surface area contributed by atoms with Gasteiger partial charge >= 0.3 is 0 Å². The Labute approximate surface area is 130 Å². The van der Waals surface area contributed by atoms with Crippen molar-refractivity contribution in [3.8, 4) is 0 Å². The molecule has 3 unspecified atom stereocenters. The van der Waals surface area contributed by atoms with Crippen LogP contribution in [-0.4, -0.2) is 23.9 Å². The molecule has 2 rings (SSSR count). The van der Waals surface area contributed by atoms with Crippen molar-refractivity contribution in [1.82, 2.24) is 4.90 Å². The number of nitrogens with two attached hydrogens (primary N) is 1. The first-order valence-electron chi connectivity index (χ1n) is 7.86. The van der Waals surface area contributed by atoms with Crippen molar-refractivity contribution >= 4 is 5.91 Å². The van der Waals surface area contributed by atoms with E-state index in [4.69, 9.17) is 5.73 Å². The van der Waals surface area contributed by atoms with Gasteiger partial charge in [-0.3, -0.25) is 4.79 Å². The van der Waals surface area contributed by atoms with Crippen LogP contribution in [0, 0.1) is 17.6 Å². The van der Waals surface area contributed by atoms with E-state index in [9.17, 15) is 13.6 Å². The van der Waals surface area contributed by atoms with Crippen molar-refractivity contribution in [2.45, 2.75) is 51.1 Å². The first-order chi connectivity index (χ1) is 10.4. The van der Waals surface area contributed by atoms with E-state index in [0.29, 0.717) is 12.0 Å². The first-order valence-corrected chi connectivity index (χ1v) is 7.86. The van der Waals surface area contributed by atoms with E-state index in [1.165, 1.54) is 6.07 Å². The Bertz CT molecular complexity index is 535. The number of benzene rings is 1. The third kappa shape index (κ3) is 3.83. The van der Waals surface area contributed by atoms with Crippen molar-refractivity contribution in [3.05, 3.63) is 35.4 Å². The second-order valence-electron chi connectivity index (χ2n) is 6.27. The van der Waals surface area contributed by atoms with Gasteiger partial charge < -0.3 is 10.6 Å². The van der Waals surface area contributed by atoms with Gasteiger partial charge in [0.05, 0.1) is 6.04 Å². The summed E-state index contributed by atoms with van der Waals surface area (Å²) in [4.78, 5) is 14.0. The van der Waals surface area contributed by atoms with E-state index in [0.717, 1.165) is 37.8 Å². The maximum atomic E-state index is 13.3. The molecule has 1 aliphatic rings. The van der Waals surface area contributed by atoms with Gasteiger partial charge in [-0.05, 0) is 43.4 Å². The lowest BCUT2D eigenvalue weighted by molar-refractivity contribution is -0.133. The summed E-state index contributed by atoms with van der Waals surface area (Å²) in [6.45, 7) is 1.81. The highest BCUT2D eigenvalue weighted by atomic mass is 19.2. The first kappa shape index (κ1) is 16.9. The van der Waals surface area contributed by atoms with Crippen LogP contribution in [0.5, 0.6) is 0 Å². The van der Waals surface area contributed by atoms with Gasteiger partial charge in [0.15, 0.2) is 11.6 Å². The van der Waals surface area contributed by atoms with Crippen molar-refractivity contribution in [2.75, 3.05) is 7.05 Å². The maximum Gasteiger partial charge on any atom is 0.223 e.